The lowest BCUT2D eigenvalue weighted by Gasteiger charge is -2.16. The molecule has 1 aliphatic carbocycles. The lowest BCUT2D eigenvalue weighted by atomic mass is 10.1. The van der Waals surface area contributed by atoms with Crippen molar-refractivity contribution in [2.45, 2.75) is 51.1 Å². The first-order chi connectivity index (χ1) is 9.58. The molecule has 0 atom stereocenters. The molecule has 1 aromatic heterocycles. The summed E-state index contributed by atoms with van der Waals surface area (Å²) in [7, 11) is 1.87. The van der Waals surface area contributed by atoms with Crippen LogP contribution in [0.15, 0.2) is 11.1 Å². The number of hydrogen-bond acceptors (Lipinski definition) is 1. The Hall–Kier alpha value is -0.870. The maximum atomic E-state index is 6.02. The van der Waals surface area contributed by atoms with Gasteiger partial charge in [0.15, 0.2) is 5.96 Å². The van der Waals surface area contributed by atoms with E-state index in [1.165, 1.54) is 38.5 Å². The average molecular weight is 317 g/mol. The summed E-state index contributed by atoms with van der Waals surface area (Å²) in [6.45, 7) is 0.481. The fraction of sp³-hybridized carbons (Fsp3) is 0.643. The third-order valence-electron chi connectivity index (χ3n) is 3.83. The van der Waals surface area contributed by atoms with E-state index in [2.05, 4.69) is 10.3 Å². The minimum Gasteiger partial charge on any atom is -0.370 e. The molecule has 112 valence electrons. The second kappa shape index (κ2) is 7.23. The zero-order valence-electron chi connectivity index (χ0n) is 11.8. The van der Waals surface area contributed by atoms with Crippen LogP contribution in [0.1, 0.15) is 44.2 Å². The normalized spacial score (nSPS) is 18.1. The van der Waals surface area contributed by atoms with Crippen LogP contribution in [0.25, 0.3) is 0 Å². The van der Waals surface area contributed by atoms with Crippen molar-refractivity contribution in [1.29, 1.82) is 0 Å². The maximum Gasteiger partial charge on any atom is 0.189 e. The number of aliphatic imine (C=N–C) groups is 1. The number of hydrogen-bond donors (Lipinski definition) is 2. The largest absolute Gasteiger partial charge is 0.370 e. The minimum atomic E-state index is 0.460. The van der Waals surface area contributed by atoms with E-state index in [1.807, 2.05) is 17.7 Å². The molecule has 3 N–H and O–H groups in total. The molecule has 0 spiro atoms. The number of nitrogens with two attached hydrogens (primary N) is 1. The van der Waals surface area contributed by atoms with Crippen LogP contribution in [-0.2, 0) is 13.6 Å². The van der Waals surface area contributed by atoms with Crippen LogP contribution in [0.5, 0.6) is 0 Å². The molecule has 6 heteroatoms. The molecule has 4 nitrogen and oxygen atoms in total. The second-order valence-corrected chi connectivity index (χ2v) is 6.13. The molecular formula is C14H22Cl2N4. The van der Waals surface area contributed by atoms with E-state index in [-0.39, 0.29) is 0 Å². The van der Waals surface area contributed by atoms with Crippen LogP contribution in [0.2, 0.25) is 10.2 Å². The van der Waals surface area contributed by atoms with Gasteiger partial charge in [0.1, 0.15) is 5.15 Å². The molecule has 1 fully saturated rings. The first-order valence-electron chi connectivity index (χ1n) is 7.14. The van der Waals surface area contributed by atoms with Crippen LogP contribution in [0.3, 0.4) is 0 Å². The van der Waals surface area contributed by atoms with Gasteiger partial charge in [0, 0.05) is 18.8 Å². The van der Waals surface area contributed by atoms with Gasteiger partial charge in [0.2, 0.25) is 0 Å². The average Bonchev–Trinajstić information content (AvgIpc) is 2.65. The standard InChI is InChI=1S/C14H22Cl2N4/c1-20-11(8-12(15)13(20)16)9-18-14(17)19-10-6-4-2-3-5-7-10/h8,10H,2-7,9H2,1H3,(H3,17,18,19). The maximum absolute atomic E-state index is 6.02. The van der Waals surface area contributed by atoms with Gasteiger partial charge >= 0.3 is 0 Å². The molecule has 1 aliphatic rings. The van der Waals surface area contributed by atoms with Crippen molar-refractivity contribution >= 4 is 29.2 Å². The van der Waals surface area contributed by atoms with Crippen molar-refractivity contribution in [2.75, 3.05) is 0 Å². The Morgan fingerprint density at radius 3 is 2.55 bits per heavy atom. The quantitative estimate of drug-likeness (QED) is 0.509. The van der Waals surface area contributed by atoms with Crippen LogP contribution in [0, 0.1) is 0 Å². The summed E-state index contributed by atoms with van der Waals surface area (Å²) in [5.74, 6) is 0.505. The predicted molar refractivity (Wildman–Crippen MR) is 85.4 cm³/mol. The summed E-state index contributed by atoms with van der Waals surface area (Å²) in [5, 5.41) is 4.41. The van der Waals surface area contributed by atoms with Crippen molar-refractivity contribution in [3.63, 3.8) is 0 Å². The van der Waals surface area contributed by atoms with E-state index in [4.69, 9.17) is 28.9 Å². The van der Waals surface area contributed by atoms with E-state index in [0.717, 1.165) is 5.69 Å². The van der Waals surface area contributed by atoms with Gasteiger partial charge in [-0.1, -0.05) is 48.9 Å². The molecule has 0 amide bonds. The van der Waals surface area contributed by atoms with Crippen LogP contribution < -0.4 is 11.1 Å². The lowest BCUT2D eigenvalue weighted by molar-refractivity contribution is 0.530. The highest BCUT2D eigenvalue weighted by atomic mass is 35.5. The van der Waals surface area contributed by atoms with E-state index in [0.29, 0.717) is 28.7 Å². The molecule has 0 bridgehead atoms. The molecule has 1 heterocycles. The minimum absolute atomic E-state index is 0.460. The van der Waals surface area contributed by atoms with Gasteiger partial charge in [-0.3, -0.25) is 0 Å². The van der Waals surface area contributed by atoms with Crippen molar-refractivity contribution in [3.8, 4) is 0 Å². The van der Waals surface area contributed by atoms with Gasteiger partial charge in [0.25, 0.3) is 0 Å². The molecule has 0 radical (unpaired) electrons. The predicted octanol–water partition coefficient (Wildman–Crippen LogP) is 3.46. The number of aromatic nitrogens is 1. The zero-order valence-corrected chi connectivity index (χ0v) is 13.3. The Labute approximate surface area is 130 Å². The number of halogens is 2. The fourth-order valence-corrected chi connectivity index (χ4v) is 3.00. The number of guanidine groups is 1. The molecule has 0 aromatic carbocycles. The lowest BCUT2D eigenvalue weighted by Crippen LogP contribution is -2.39. The van der Waals surface area contributed by atoms with E-state index >= 15 is 0 Å². The Balaban J connectivity index is 1.91. The van der Waals surface area contributed by atoms with Crippen LogP contribution >= 0.6 is 23.2 Å². The zero-order chi connectivity index (χ0) is 14.5. The van der Waals surface area contributed by atoms with Gasteiger partial charge in [-0.2, -0.15) is 0 Å². The summed E-state index contributed by atoms with van der Waals surface area (Å²) >= 11 is 12.0. The van der Waals surface area contributed by atoms with Crippen molar-refractivity contribution in [2.24, 2.45) is 17.8 Å². The van der Waals surface area contributed by atoms with Crippen LogP contribution in [-0.4, -0.2) is 16.6 Å². The van der Waals surface area contributed by atoms with Crippen LogP contribution in [0.4, 0.5) is 0 Å². The van der Waals surface area contributed by atoms with E-state index in [1.54, 1.807) is 0 Å². The van der Waals surface area contributed by atoms with Crippen molar-refractivity contribution < 1.29 is 0 Å². The highest BCUT2D eigenvalue weighted by Gasteiger charge is 2.13. The Morgan fingerprint density at radius 2 is 2.00 bits per heavy atom. The smallest absolute Gasteiger partial charge is 0.189 e. The molecule has 20 heavy (non-hydrogen) atoms. The molecule has 2 rings (SSSR count). The number of nitrogens with zero attached hydrogens (tertiary/aromatic N) is 2. The Morgan fingerprint density at radius 1 is 1.35 bits per heavy atom. The monoisotopic (exact) mass is 316 g/mol. The summed E-state index contributed by atoms with van der Waals surface area (Å²) in [5.41, 5.74) is 6.91. The summed E-state index contributed by atoms with van der Waals surface area (Å²) in [6, 6.07) is 2.29. The van der Waals surface area contributed by atoms with Crippen molar-refractivity contribution in [1.82, 2.24) is 9.88 Å². The topological polar surface area (TPSA) is 55.3 Å². The molecular weight excluding hydrogens is 295 g/mol. The highest BCUT2D eigenvalue weighted by Crippen LogP contribution is 2.25. The van der Waals surface area contributed by atoms with E-state index in [9.17, 15) is 0 Å². The molecule has 0 aliphatic heterocycles. The molecule has 1 aromatic rings. The van der Waals surface area contributed by atoms with Crippen molar-refractivity contribution in [3.05, 3.63) is 21.9 Å². The highest BCUT2D eigenvalue weighted by molar-refractivity contribution is 6.41. The van der Waals surface area contributed by atoms with Gasteiger partial charge in [0.05, 0.1) is 11.6 Å². The Bertz CT molecular complexity index is 474. The van der Waals surface area contributed by atoms with Gasteiger partial charge in [-0.15, -0.1) is 0 Å². The second-order valence-electron chi connectivity index (χ2n) is 5.37. The summed E-state index contributed by atoms with van der Waals surface area (Å²) in [4.78, 5) is 4.38. The summed E-state index contributed by atoms with van der Waals surface area (Å²) < 4.78 is 1.83. The fourth-order valence-electron chi connectivity index (χ4n) is 2.59. The van der Waals surface area contributed by atoms with Gasteiger partial charge in [-0.05, 0) is 18.9 Å². The molecule has 1 saturated carbocycles. The number of rotatable bonds is 3. The van der Waals surface area contributed by atoms with Gasteiger partial charge < -0.3 is 15.6 Å². The first kappa shape index (κ1) is 15.5. The first-order valence-corrected chi connectivity index (χ1v) is 7.89. The number of nitrogens with one attached hydrogen (secondary N) is 1. The third kappa shape index (κ3) is 4.06. The summed E-state index contributed by atoms with van der Waals surface area (Å²) in [6.07, 6.45) is 7.56. The van der Waals surface area contributed by atoms with E-state index < -0.39 is 0 Å². The molecule has 0 saturated heterocycles. The molecule has 0 unspecified atom stereocenters. The third-order valence-corrected chi connectivity index (χ3v) is 4.68. The van der Waals surface area contributed by atoms with Gasteiger partial charge in [-0.25, -0.2) is 4.99 Å². The Kier molecular flexibility index (Phi) is 5.61. The SMILES string of the molecule is Cn1c(CN=C(N)NC2CCCCCC2)cc(Cl)c1Cl.